The molecule has 0 aliphatic heterocycles. The maximum Gasteiger partial charge on any atom is 2.00 e. The van der Waals surface area contributed by atoms with E-state index in [0.29, 0.717) is 0 Å². The first-order valence-electron chi connectivity index (χ1n) is 0. The molecule has 91 valence electrons. The summed E-state index contributed by atoms with van der Waals surface area (Å²) in [5, 5.41) is 0. The summed E-state index contributed by atoms with van der Waals surface area (Å²) < 4.78 is 0. The minimum absolute atomic E-state index is 0. The van der Waals surface area contributed by atoms with Crippen LogP contribution < -0.4 is 0 Å². The smallest absolute Gasteiger partial charge is 2.00 e. The summed E-state index contributed by atoms with van der Waals surface area (Å²) >= 11 is 0. The molecule has 0 atom stereocenters. The standard InChI is InChI=1S/3Cu.4H2O.4O.3Zn/h;;;4*1H2;;;;;;;/q3*+2;;;;;4*-2;3*+2/p-4. The molecule has 0 rings (SSSR count). The van der Waals surface area contributed by atoms with Crippen LogP contribution in [-0.4, -0.2) is 21.9 Å². The molecular formula is H4Cu3O8Zn3. The Morgan fingerprint density at radius 2 is 0.286 bits per heavy atom. The van der Waals surface area contributed by atoms with Crippen LogP contribution in [-0.2, 0) is 132 Å². The van der Waals surface area contributed by atoms with Crippen LogP contribution >= 0.6 is 0 Å². The Kier molecular flexibility index (Phi) is 12500. The molecule has 0 aliphatic rings. The molecule has 0 aromatic rings. The monoisotopic (exact) mass is 513 g/mol. The van der Waals surface area contributed by atoms with E-state index in [1.807, 2.05) is 0 Å². The Hall–Kier alpha value is 3.11. The van der Waals surface area contributed by atoms with Gasteiger partial charge in [-0.1, -0.05) is 0 Å². The Morgan fingerprint density at radius 1 is 0.286 bits per heavy atom. The van der Waals surface area contributed by atoms with Gasteiger partial charge in [0.25, 0.3) is 0 Å². The maximum absolute atomic E-state index is 0. The van der Waals surface area contributed by atoms with Crippen molar-refractivity contribution in [2.45, 2.75) is 0 Å². The Bertz CT molecular complexity index is 19.8. The summed E-state index contributed by atoms with van der Waals surface area (Å²) in [4.78, 5) is 0. The molecule has 0 aliphatic carbocycles. The van der Waals surface area contributed by atoms with Crippen LogP contribution in [0.5, 0.6) is 0 Å². The molecule has 3 radical (unpaired) electrons. The number of rotatable bonds is 0. The summed E-state index contributed by atoms with van der Waals surface area (Å²) in [5.74, 6) is 0. The van der Waals surface area contributed by atoms with Crippen molar-refractivity contribution in [3.63, 3.8) is 0 Å². The van der Waals surface area contributed by atoms with E-state index in [9.17, 15) is 0 Å². The van der Waals surface area contributed by atoms with Gasteiger partial charge in [0, 0.05) is 0 Å². The van der Waals surface area contributed by atoms with Crippen molar-refractivity contribution in [3.8, 4) is 0 Å². The molecular weight excluding hydrogens is 515 g/mol. The van der Waals surface area contributed by atoms with Crippen molar-refractivity contribution in [1.29, 1.82) is 0 Å². The molecule has 0 bridgehead atoms. The van der Waals surface area contributed by atoms with Crippen LogP contribution in [0.4, 0.5) is 0 Å². The van der Waals surface area contributed by atoms with E-state index in [0.717, 1.165) is 0 Å². The number of hydrogen-bond donors (Lipinski definition) is 0. The van der Waals surface area contributed by atoms with Gasteiger partial charge in [-0.3, -0.25) is 0 Å². The maximum atomic E-state index is 0. The third-order valence-corrected chi connectivity index (χ3v) is 0. The molecule has 0 saturated heterocycles. The van der Waals surface area contributed by atoms with Crippen molar-refractivity contribution < 1.29 is 153 Å². The SMILES string of the molecule is [Cu+2].[Cu+2].[Cu+2].[O-2].[O-2].[O-2].[O-2].[OH-].[OH-].[OH-].[OH-].[Zn+2].[Zn+2].[Zn+2]. The fourth-order valence-corrected chi connectivity index (χ4v) is 0. The molecule has 0 aromatic carbocycles. The van der Waals surface area contributed by atoms with Crippen LogP contribution in [0.2, 0.25) is 0 Å². The summed E-state index contributed by atoms with van der Waals surface area (Å²) in [6, 6.07) is 0. The molecule has 0 heterocycles. The van der Waals surface area contributed by atoms with Gasteiger partial charge in [-0.25, -0.2) is 0 Å². The van der Waals surface area contributed by atoms with Crippen molar-refractivity contribution in [3.05, 3.63) is 0 Å². The number of hydrogen-bond acceptors (Lipinski definition) is 4. The Morgan fingerprint density at radius 3 is 0.286 bits per heavy atom. The fraction of sp³-hybridized carbons (Fsp3) is 0. The molecule has 0 amide bonds. The average molecular weight is 519 g/mol. The second-order valence-electron chi connectivity index (χ2n) is 0. The van der Waals surface area contributed by atoms with Crippen LogP contribution in [0, 0.1) is 0 Å². The molecule has 0 spiro atoms. The Balaban J connectivity index is 0. The minimum Gasteiger partial charge on any atom is -2.00 e. The summed E-state index contributed by atoms with van der Waals surface area (Å²) in [6.45, 7) is 0. The van der Waals surface area contributed by atoms with E-state index >= 15 is 0 Å². The predicted octanol–water partition coefficient (Wildman–Crippen LogP) is -1.20. The summed E-state index contributed by atoms with van der Waals surface area (Å²) in [7, 11) is 0. The van der Waals surface area contributed by atoms with Gasteiger partial charge in [-0.15, -0.1) is 0 Å². The normalized spacial score (nSPS) is 0. The predicted molar refractivity (Wildman–Crippen MR) is 10.5 cm³/mol. The molecule has 4 N–H and O–H groups in total. The van der Waals surface area contributed by atoms with Crippen LogP contribution in [0.1, 0.15) is 0 Å². The van der Waals surface area contributed by atoms with E-state index in [2.05, 4.69) is 0 Å². The summed E-state index contributed by atoms with van der Waals surface area (Å²) in [6.07, 6.45) is 0. The minimum atomic E-state index is 0. The van der Waals surface area contributed by atoms with Crippen LogP contribution in [0.25, 0.3) is 0 Å². The van der Waals surface area contributed by atoms with Gasteiger partial charge >= 0.3 is 110 Å². The van der Waals surface area contributed by atoms with Crippen LogP contribution in [0.3, 0.4) is 0 Å². The zero-order chi connectivity index (χ0) is 0. The van der Waals surface area contributed by atoms with E-state index in [-0.39, 0.29) is 153 Å². The van der Waals surface area contributed by atoms with Gasteiger partial charge < -0.3 is 43.8 Å². The van der Waals surface area contributed by atoms with E-state index < -0.39 is 0 Å². The van der Waals surface area contributed by atoms with E-state index in [4.69, 9.17) is 0 Å². The zero-order valence-corrected chi connectivity index (χ0v) is 18.2. The molecule has 0 fully saturated rings. The van der Waals surface area contributed by atoms with Gasteiger partial charge in [0.1, 0.15) is 0 Å². The van der Waals surface area contributed by atoms with E-state index in [1.165, 1.54) is 0 Å². The van der Waals surface area contributed by atoms with Gasteiger partial charge in [0.15, 0.2) is 0 Å². The van der Waals surface area contributed by atoms with E-state index in [1.54, 1.807) is 0 Å². The summed E-state index contributed by atoms with van der Waals surface area (Å²) in [5.41, 5.74) is 0. The van der Waals surface area contributed by atoms with Crippen molar-refractivity contribution in [2.24, 2.45) is 0 Å². The Labute approximate surface area is 152 Å². The largest absolute Gasteiger partial charge is 2.00 e. The first kappa shape index (κ1) is 459. The fourth-order valence-electron chi connectivity index (χ4n) is 0. The van der Waals surface area contributed by atoms with Gasteiger partial charge in [-0.05, 0) is 0 Å². The van der Waals surface area contributed by atoms with Gasteiger partial charge in [0.2, 0.25) is 0 Å². The van der Waals surface area contributed by atoms with Gasteiger partial charge in [-0.2, -0.15) is 0 Å². The van der Waals surface area contributed by atoms with Crippen molar-refractivity contribution in [1.82, 2.24) is 0 Å². The van der Waals surface area contributed by atoms with Gasteiger partial charge in [0.05, 0.1) is 0 Å². The third-order valence-electron chi connectivity index (χ3n) is 0. The second-order valence-corrected chi connectivity index (χ2v) is 0. The molecule has 0 unspecified atom stereocenters. The van der Waals surface area contributed by atoms with Crippen molar-refractivity contribution in [2.75, 3.05) is 0 Å². The molecule has 14 heteroatoms. The quantitative estimate of drug-likeness (QED) is 0.359. The average Bonchev–Trinajstić information content (AvgIpc) is 0. The molecule has 14 heavy (non-hydrogen) atoms. The first-order chi connectivity index (χ1) is 0. The van der Waals surface area contributed by atoms with Crippen molar-refractivity contribution >= 4 is 0 Å². The molecule has 8 nitrogen and oxygen atoms in total. The molecule has 0 aromatic heterocycles. The third kappa shape index (κ3) is 311. The zero-order valence-electron chi connectivity index (χ0n) is 6.45. The topological polar surface area (TPSA) is 234 Å². The molecule has 0 saturated carbocycles. The van der Waals surface area contributed by atoms with Crippen LogP contribution in [0.15, 0.2) is 0 Å². The first-order valence-corrected chi connectivity index (χ1v) is 0. The second kappa shape index (κ2) is 381.